The number of hydrogen-bond donors (Lipinski definition) is 1. The van der Waals surface area contributed by atoms with Crippen LogP contribution in [0.15, 0.2) is 24.3 Å². The van der Waals surface area contributed by atoms with Gasteiger partial charge in [0.1, 0.15) is 0 Å². The van der Waals surface area contributed by atoms with Crippen LogP contribution in [-0.4, -0.2) is 16.9 Å². The Morgan fingerprint density at radius 3 is 2.00 bits per heavy atom. The molecule has 1 aromatic rings. The maximum atomic E-state index is 12.5. The number of hydrogen-bond acceptors (Lipinski definition) is 1. The fourth-order valence-corrected chi connectivity index (χ4v) is 4.03. The molecule has 1 saturated carbocycles. The van der Waals surface area contributed by atoms with Crippen molar-refractivity contribution in [3.63, 3.8) is 0 Å². The van der Waals surface area contributed by atoms with Gasteiger partial charge in [0, 0.05) is 6.42 Å². The molecule has 1 aromatic carbocycles. The second-order valence-corrected chi connectivity index (χ2v) is 6.25. The van der Waals surface area contributed by atoms with Gasteiger partial charge < -0.3 is 5.11 Å². The predicted octanol–water partition coefficient (Wildman–Crippen LogP) is 3.89. The Hall–Kier alpha value is -1.03. The van der Waals surface area contributed by atoms with E-state index in [0.717, 1.165) is 12.8 Å². The molecule has 2 bridgehead atoms. The van der Waals surface area contributed by atoms with Crippen LogP contribution in [0.25, 0.3) is 0 Å². The summed E-state index contributed by atoms with van der Waals surface area (Å²) in [5, 5.41) is 10.9. The molecule has 0 amide bonds. The zero-order valence-corrected chi connectivity index (χ0v) is 11.3. The second-order valence-electron chi connectivity index (χ2n) is 6.25. The largest absolute Gasteiger partial charge is 0.389 e. The van der Waals surface area contributed by atoms with E-state index >= 15 is 0 Å². The molecule has 1 N–H and O–H groups in total. The Bertz CT molecular complexity index is 462. The third kappa shape index (κ3) is 2.46. The normalized spacial score (nSPS) is 32.8. The summed E-state index contributed by atoms with van der Waals surface area (Å²) in [5.41, 5.74) is 1.25. The third-order valence-corrected chi connectivity index (χ3v) is 5.14. The van der Waals surface area contributed by atoms with Crippen molar-refractivity contribution in [2.45, 2.75) is 50.3 Å². The van der Waals surface area contributed by atoms with Crippen LogP contribution >= 0.6 is 0 Å². The molecule has 2 aliphatic rings. The minimum Gasteiger partial charge on any atom is -0.389 e. The Labute approximate surface area is 116 Å². The molecule has 3 rings (SSSR count). The van der Waals surface area contributed by atoms with E-state index < -0.39 is 18.2 Å². The molecule has 0 heterocycles. The Kier molecular flexibility index (Phi) is 3.32. The summed E-state index contributed by atoms with van der Waals surface area (Å²) >= 11 is 0. The molecular weight excluding hydrogens is 265 g/mol. The molecule has 0 saturated heterocycles. The van der Waals surface area contributed by atoms with Crippen LogP contribution in [0.3, 0.4) is 0 Å². The second kappa shape index (κ2) is 4.76. The van der Waals surface area contributed by atoms with Gasteiger partial charge in [0.2, 0.25) is 0 Å². The van der Waals surface area contributed by atoms with Gasteiger partial charge >= 0.3 is 6.18 Å². The van der Waals surface area contributed by atoms with E-state index in [4.69, 9.17) is 0 Å². The lowest BCUT2D eigenvalue weighted by Gasteiger charge is -2.34. The third-order valence-electron chi connectivity index (χ3n) is 5.14. The smallest absolute Gasteiger partial charge is 0.389 e. The highest BCUT2D eigenvalue weighted by Crippen LogP contribution is 2.50. The van der Waals surface area contributed by atoms with Crippen LogP contribution in [0.2, 0.25) is 0 Å². The SMILES string of the molecule is OC1(CCC(F)(F)F)C2CCC1Cc1ccccc1C2. The van der Waals surface area contributed by atoms with Crippen molar-refractivity contribution in [1.29, 1.82) is 0 Å². The van der Waals surface area contributed by atoms with Crippen molar-refractivity contribution in [3.05, 3.63) is 35.4 Å². The monoisotopic (exact) mass is 284 g/mol. The number of alkyl halides is 3. The van der Waals surface area contributed by atoms with E-state index in [-0.39, 0.29) is 18.3 Å². The summed E-state index contributed by atoms with van der Waals surface area (Å²) in [4.78, 5) is 0. The maximum absolute atomic E-state index is 12.5. The molecule has 2 aliphatic carbocycles. The van der Waals surface area contributed by atoms with Gasteiger partial charge in [-0.1, -0.05) is 24.3 Å². The van der Waals surface area contributed by atoms with Crippen LogP contribution < -0.4 is 0 Å². The van der Waals surface area contributed by atoms with Gasteiger partial charge in [0.05, 0.1) is 5.60 Å². The van der Waals surface area contributed by atoms with Crippen molar-refractivity contribution >= 4 is 0 Å². The standard InChI is InChI=1S/C16H19F3O/c17-16(18,19)8-7-15(20)13-5-6-14(15)10-12-4-2-1-3-11(12)9-13/h1-4,13-14,20H,5-10H2. The molecular formula is C16H19F3O. The first-order valence-corrected chi connectivity index (χ1v) is 7.24. The minimum atomic E-state index is -4.19. The van der Waals surface area contributed by atoms with E-state index in [1.54, 1.807) is 0 Å². The van der Waals surface area contributed by atoms with Gasteiger partial charge in [-0.05, 0) is 55.1 Å². The molecule has 110 valence electrons. The fourth-order valence-electron chi connectivity index (χ4n) is 4.03. The van der Waals surface area contributed by atoms with Gasteiger partial charge in [-0.2, -0.15) is 13.2 Å². The first-order chi connectivity index (χ1) is 9.38. The molecule has 4 heteroatoms. The van der Waals surface area contributed by atoms with Crippen LogP contribution in [0.5, 0.6) is 0 Å². The molecule has 0 aliphatic heterocycles. The number of fused-ring (bicyclic) bond motifs is 3. The molecule has 2 unspecified atom stereocenters. The summed E-state index contributed by atoms with van der Waals surface area (Å²) in [6.45, 7) is 0. The van der Waals surface area contributed by atoms with Gasteiger partial charge in [0.25, 0.3) is 0 Å². The molecule has 1 nitrogen and oxygen atoms in total. The molecule has 0 radical (unpaired) electrons. The van der Waals surface area contributed by atoms with E-state index in [9.17, 15) is 18.3 Å². The molecule has 20 heavy (non-hydrogen) atoms. The average Bonchev–Trinajstić information content (AvgIpc) is 2.59. The Morgan fingerprint density at radius 2 is 1.55 bits per heavy atom. The van der Waals surface area contributed by atoms with Crippen molar-refractivity contribution in [2.24, 2.45) is 11.8 Å². The quantitative estimate of drug-likeness (QED) is 0.873. The zero-order chi connectivity index (χ0) is 14.4. The highest BCUT2D eigenvalue weighted by Gasteiger charge is 2.51. The summed E-state index contributed by atoms with van der Waals surface area (Å²) in [6, 6.07) is 8.01. The number of rotatable bonds is 2. The summed E-state index contributed by atoms with van der Waals surface area (Å²) < 4.78 is 37.5. The van der Waals surface area contributed by atoms with E-state index in [0.29, 0.717) is 12.8 Å². The van der Waals surface area contributed by atoms with Crippen molar-refractivity contribution in [1.82, 2.24) is 0 Å². The van der Waals surface area contributed by atoms with Gasteiger partial charge in [-0.25, -0.2) is 0 Å². The minimum absolute atomic E-state index is 0.0292. The fraction of sp³-hybridized carbons (Fsp3) is 0.625. The van der Waals surface area contributed by atoms with Crippen LogP contribution in [-0.2, 0) is 12.8 Å². The summed E-state index contributed by atoms with van der Waals surface area (Å²) in [6.07, 6.45) is -2.12. The predicted molar refractivity (Wildman–Crippen MR) is 70.3 cm³/mol. The topological polar surface area (TPSA) is 20.2 Å². The lowest BCUT2D eigenvalue weighted by molar-refractivity contribution is -0.154. The number of aliphatic hydroxyl groups is 1. The summed E-state index contributed by atoms with van der Waals surface area (Å²) in [5.74, 6) is -0.0583. The Morgan fingerprint density at radius 1 is 1.05 bits per heavy atom. The Balaban J connectivity index is 1.85. The van der Waals surface area contributed by atoms with Crippen LogP contribution in [0.4, 0.5) is 13.2 Å². The van der Waals surface area contributed by atoms with Crippen LogP contribution in [0.1, 0.15) is 36.8 Å². The number of halogens is 3. The first kappa shape index (κ1) is 13.9. The molecule has 0 aromatic heterocycles. The van der Waals surface area contributed by atoms with Crippen molar-refractivity contribution in [3.8, 4) is 0 Å². The zero-order valence-electron chi connectivity index (χ0n) is 11.3. The van der Waals surface area contributed by atoms with Crippen molar-refractivity contribution < 1.29 is 18.3 Å². The van der Waals surface area contributed by atoms with Gasteiger partial charge in [0.15, 0.2) is 0 Å². The van der Waals surface area contributed by atoms with Crippen LogP contribution in [0, 0.1) is 11.8 Å². The first-order valence-electron chi connectivity index (χ1n) is 7.24. The summed E-state index contributed by atoms with van der Waals surface area (Å²) in [7, 11) is 0. The van der Waals surface area contributed by atoms with Gasteiger partial charge in [-0.15, -0.1) is 0 Å². The molecule has 1 fully saturated rings. The van der Waals surface area contributed by atoms with Crippen molar-refractivity contribution in [2.75, 3.05) is 0 Å². The van der Waals surface area contributed by atoms with E-state index in [2.05, 4.69) is 0 Å². The molecule has 0 spiro atoms. The number of benzene rings is 1. The lowest BCUT2D eigenvalue weighted by atomic mass is 9.79. The highest BCUT2D eigenvalue weighted by atomic mass is 19.4. The lowest BCUT2D eigenvalue weighted by Crippen LogP contribution is -2.41. The van der Waals surface area contributed by atoms with Gasteiger partial charge in [-0.3, -0.25) is 0 Å². The average molecular weight is 284 g/mol. The highest BCUT2D eigenvalue weighted by molar-refractivity contribution is 5.31. The van der Waals surface area contributed by atoms with E-state index in [1.165, 1.54) is 11.1 Å². The van der Waals surface area contributed by atoms with E-state index in [1.807, 2.05) is 24.3 Å². The molecule has 2 atom stereocenters. The maximum Gasteiger partial charge on any atom is 0.389 e.